The van der Waals surface area contributed by atoms with Crippen molar-refractivity contribution in [3.8, 4) is 0 Å². The van der Waals surface area contributed by atoms with E-state index in [9.17, 15) is 9.59 Å². The third-order valence-electron chi connectivity index (χ3n) is 2.19. The van der Waals surface area contributed by atoms with Crippen LogP contribution in [0.2, 0.25) is 0 Å². The van der Waals surface area contributed by atoms with Gasteiger partial charge in [-0.25, -0.2) is 4.79 Å². The zero-order chi connectivity index (χ0) is 12.7. The van der Waals surface area contributed by atoms with Crippen LogP contribution in [0.1, 0.15) is 33.1 Å². The van der Waals surface area contributed by atoms with Gasteiger partial charge in [0.2, 0.25) is 0 Å². The standard InChI is InChI=1S/C12H19NO4/c1-3-16-11(14)7-10(13-9-5-6-9)8-12(15)17-4-2/h7,9,13H,3-6,8H2,1-2H3. The van der Waals surface area contributed by atoms with Crippen LogP contribution in [0.15, 0.2) is 11.8 Å². The van der Waals surface area contributed by atoms with Gasteiger partial charge >= 0.3 is 11.9 Å². The third-order valence-corrected chi connectivity index (χ3v) is 2.19. The predicted molar refractivity (Wildman–Crippen MR) is 62.1 cm³/mol. The van der Waals surface area contributed by atoms with Crippen LogP contribution in [-0.2, 0) is 19.1 Å². The maximum absolute atomic E-state index is 11.3. The van der Waals surface area contributed by atoms with Crippen molar-refractivity contribution in [3.05, 3.63) is 11.8 Å². The van der Waals surface area contributed by atoms with Gasteiger partial charge in [-0.15, -0.1) is 0 Å². The second-order valence-corrected chi connectivity index (χ2v) is 3.82. The molecule has 0 bridgehead atoms. The van der Waals surface area contributed by atoms with Crippen molar-refractivity contribution in [2.45, 2.75) is 39.2 Å². The van der Waals surface area contributed by atoms with Gasteiger partial charge in [-0.1, -0.05) is 0 Å². The van der Waals surface area contributed by atoms with Crippen molar-refractivity contribution in [2.24, 2.45) is 0 Å². The van der Waals surface area contributed by atoms with Crippen LogP contribution in [-0.4, -0.2) is 31.2 Å². The molecule has 0 amide bonds. The maximum atomic E-state index is 11.3. The maximum Gasteiger partial charge on any atom is 0.332 e. The minimum atomic E-state index is -0.431. The topological polar surface area (TPSA) is 64.6 Å². The van der Waals surface area contributed by atoms with Gasteiger partial charge in [-0.3, -0.25) is 4.79 Å². The highest BCUT2D eigenvalue weighted by molar-refractivity contribution is 5.84. The molecule has 0 unspecified atom stereocenters. The quantitative estimate of drug-likeness (QED) is 0.535. The van der Waals surface area contributed by atoms with Gasteiger partial charge in [0.25, 0.3) is 0 Å². The Labute approximate surface area is 101 Å². The van der Waals surface area contributed by atoms with Crippen molar-refractivity contribution in [2.75, 3.05) is 13.2 Å². The molecule has 0 spiro atoms. The summed E-state index contributed by atoms with van der Waals surface area (Å²) in [5.74, 6) is -0.767. The summed E-state index contributed by atoms with van der Waals surface area (Å²) in [4.78, 5) is 22.6. The number of rotatable bonds is 7. The molecule has 0 aromatic rings. The highest BCUT2D eigenvalue weighted by Crippen LogP contribution is 2.21. The number of carbonyl (C=O) groups is 2. The number of hydrogen-bond acceptors (Lipinski definition) is 5. The van der Waals surface area contributed by atoms with Gasteiger partial charge in [0.05, 0.1) is 19.6 Å². The Bertz CT molecular complexity index is 308. The first-order chi connectivity index (χ1) is 8.15. The first kappa shape index (κ1) is 13.5. The summed E-state index contributed by atoms with van der Waals surface area (Å²) in [5.41, 5.74) is 0.574. The summed E-state index contributed by atoms with van der Waals surface area (Å²) in [6.45, 7) is 4.16. The Balaban J connectivity index is 2.51. The number of esters is 2. The van der Waals surface area contributed by atoms with E-state index in [0.717, 1.165) is 12.8 Å². The van der Waals surface area contributed by atoms with E-state index in [1.54, 1.807) is 13.8 Å². The molecule has 1 aliphatic carbocycles. The molecule has 1 aliphatic rings. The lowest BCUT2D eigenvalue weighted by molar-refractivity contribution is -0.142. The van der Waals surface area contributed by atoms with E-state index in [1.165, 1.54) is 6.08 Å². The summed E-state index contributed by atoms with van der Waals surface area (Å²) >= 11 is 0. The number of ether oxygens (including phenoxy) is 2. The second-order valence-electron chi connectivity index (χ2n) is 3.82. The highest BCUT2D eigenvalue weighted by Gasteiger charge is 2.23. The van der Waals surface area contributed by atoms with E-state index in [-0.39, 0.29) is 12.4 Å². The summed E-state index contributed by atoms with van der Waals surface area (Å²) < 4.78 is 9.65. The Kier molecular flexibility index (Phi) is 5.52. The van der Waals surface area contributed by atoms with Crippen LogP contribution >= 0.6 is 0 Å². The molecule has 0 aromatic heterocycles. The molecule has 1 rings (SSSR count). The van der Waals surface area contributed by atoms with Crippen LogP contribution in [0.5, 0.6) is 0 Å². The van der Waals surface area contributed by atoms with Crippen molar-refractivity contribution in [1.29, 1.82) is 0 Å². The van der Waals surface area contributed by atoms with Crippen LogP contribution in [0.25, 0.3) is 0 Å². The molecule has 96 valence electrons. The van der Waals surface area contributed by atoms with Crippen molar-refractivity contribution < 1.29 is 19.1 Å². The van der Waals surface area contributed by atoms with Crippen LogP contribution in [0.4, 0.5) is 0 Å². The Morgan fingerprint density at radius 2 is 1.88 bits per heavy atom. The zero-order valence-electron chi connectivity index (χ0n) is 10.3. The van der Waals surface area contributed by atoms with Gasteiger partial charge in [0.15, 0.2) is 0 Å². The van der Waals surface area contributed by atoms with Gasteiger partial charge < -0.3 is 14.8 Å². The Hall–Kier alpha value is -1.52. The van der Waals surface area contributed by atoms with Crippen molar-refractivity contribution in [3.63, 3.8) is 0 Å². The van der Waals surface area contributed by atoms with Crippen LogP contribution < -0.4 is 5.32 Å². The van der Waals surface area contributed by atoms with E-state index in [0.29, 0.717) is 25.0 Å². The molecule has 17 heavy (non-hydrogen) atoms. The normalized spacial score (nSPS) is 15.3. The summed E-state index contributed by atoms with van der Waals surface area (Å²) in [5, 5.41) is 3.13. The van der Waals surface area contributed by atoms with Crippen molar-refractivity contribution >= 4 is 11.9 Å². The molecule has 0 saturated heterocycles. The molecule has 0 aromatic carbocycles. The fourth-order valence-corrected chi connectivity index (χ4v) is 1.33. The molecule has 5 nitrogen and oxygen atoms in total. The smallest absolute Gasteiger partial charge is 0.332 e. The van der Waals surface area contributed by atoms with Gasteiger partial charge in [-0.05, 0) is 26.7 Å². The molecule has 1 N–H and O–H groups in total. The van der Waals surface area contributed by atoms with E-state index in [4.69, 9.17) is 9.47 Å². The van der Waals surface area contributed by atoms with E-state index in [1.807, 2.05) is 0 Å². The lowest BCUT2D eigenvalue weighted by Crippen LogP contribution is -2.21. The Morgan fingerprint density at radius 1 is 1.24 bits per heavy atom. The predicted octanol–water partition coefficient (Wildman–Crippen LogP) is 1.14. The molecular weight excluding hydrogens is 222 g/mol. The summed E-state index contributed by atoms with van der Waals surface area (Å²) in [6, 6.07) is 0.380. The zero-order valence-corrected chi connectivity index (χ0v) is 10.3. The SMILES string of the molecule is CCOC(=O)C=C(CC(=O)OCC)NC1CC1. The van der Waals surface area contributed by atoms with Gasteiger partial charge in [0.1, 0.15) is 0 Å². The highest BCUT2D eigenvalue weighted by atomic mass is 16.5. The number of nitrogens with one attached hydrogen (secondary N) is 1. The lowest BCUT2D eigenvalue weighted by atomic mass is 10.3. The van der Waals surface area contributed by atoms with E-state index >= 15 is 0 Å². The average Bonchev–Trinajstić information content (AvgIpc) is 3.01. The molecular formula is C12H19NO4. The Morgan fingerprint density at radius 3 is 2.41 bits per heavy atom. The van der Waals surface area contributed by atoms with E-state index in [2.05, 4.69) is 5.32 Å². The second kappa shape index (κ2) is 6.93. The van der Waals surface area contributed by atoms with Crippen LogP contribution in [0.3, 0.4) is 0 Å². The number of hydrogen-bond donors (Lipinski definition) is 1. The largest absolute Gasteiger partial charge is 0.466 e. The third kappa shape index (κ3) is 5.94. The molecule has 0 aliphatic heterocycles. The minimum absolute atomic E-state index is 0.0865. The number of carbonyl (C=O) groups excluding carboxylic acids is 2. The monoisotopic (exact) mass is 241 g/mol. The summed E-state index contributed by atoms with van der Waals surface area (Å²) in [7, 11) is 0. The minimum Gasteiger partial charge on any atom is -0.466 e. The first-order valence-electron chi connectivity index (χ1n) is 5.95. The van der Waals surface area contributed by atoms with Gasteiger partial charge in [0, 0.05) is 17.8 Å². The summed E-state index contributed by atoms with van der Waals surface area (Å²) in [6.07, 6.45) is 3.56. The molecule has 0 atom stereocenters. The van der Waals surface area contributed by atoms with Crippen LogP contribution in [0, 0.1) is 0 Å². The lowest BCUT2D eigenvalue weighted by Gasteiger charge is -2.09. The first-order valence-corrected chi connectivity index (χ1v) is 5.95. The van der Waals surface area contributed by atoms with Gasteiger partial charge in [-0.2, -0.15) is 0 Å². The molecule has 1 saturated carbocycles. The molecule has 0 heterocycles. The van der Waals surface area contributed by atoms with Crippen molar-refractivity contribution in [1.82, 2.24) is 5.32 Å². The average molecular weight is 241 g/mol. The molecule has 5 heteroatoms. The molecule has 0 radical (unpaired) electrons. The fourth-order valence-electron chi connectivity index (χ4n) is 1.33. The van der Waals surface area contributed by atoms with E-state index < -0.39 is 5.97 Å². The molecule has 1 fully saturated rings. The fraction of sp³-hybridized carbons (Fsp3) is 0.667.